The lowest BCUT2D eigenvalue weighted by Gasteiger charge is -2.10. The zero-order chi connectivity index (χ0) is 12.3. The highest BCUT2D eigenvalue weighted by Gasteiger charge is 2.14. The maximum absolute atomic E-state index is 10.2. The molecular weight excluding hydrogens is 214 g/mol. The molecule has 0 spiro atoms. The van der Waals surface area contributed by atoms with Crippen molar-refractivity contribution < 1.29 is 5.11 Å². The van der Waals surface area contributed by atoms with E-state index in [1.54, 1.807) is 17.1 Å². The predicted octanol–water partition coefficient (Wildman–Crippen LogP) is 1.65. The monoisotopic (exact) mass is 231 g/mol. The van der Waals surface area contributed by atoms with Gasteiger partial charge in [-0.3, -0.25) is 9.67 Å². The highest BCUT2D eigenvalue weighted by atomic mass is 16.3. The van der Waals surface area contributed by atoms with Crippen molar-refractivity contribution in [2.45, 2.75) is 25.9 Å². The lowest BCUT2D eigenvalue weighted by atomic mass is 10.1. The topological polar surface area (TPSA) is 50.9 Å². The van der Waals surface area contributed by atoms with Gasteiger partial charge in [-0.05, 0) is 30.2 Å². The van der Waals surface area contributed by atoms with Crippen LogP contribution in [0.5, 0.6) is 0 Å². The molecule has 0 saturated heterocycles. The number of pyridine rings is 1. The van der Waals surface area contributed by atoms with Crippen LogP contribution in [0, 0.1) is 0 Å². The number of rotatable bonds is 4. The van der Waals surface area contributed by atoms with Crippen molar-refractivity contribution >= 4 is 0 Å². The molecule has 2 aromatic rings. The van der Waals surface area contributed by atoms with E-state index < -0.39 is 6.10 Å². The van der Waals surface area contributed by atoms with E-state index in [0.717, 1.165) is 23.4 Å². The van der Waals surface area contributed by atoms with Gasteiger partial charge in [0.2, 0.25) is 0 Å². The van der Waals surface area contributed by atoms with Gasteiger partial charge in [-0.2, -0.15) is 5.10 Å². The third-order valence-corrected chi connectivity index (χ3v) is 2.85. The van der Waals surface area contributed by atoms with E-state index in [4.69, 9.17) is 0 Å². The number of aryl methyl sites for hydroxylation is 2. The molecule has 0 aliphatic carbocycles. The van der Waals surface area contributed by atoms with Crippen LogP contribution in [0.3, 0.4) is 0 Å². The Bertz CT molecular complexity index is 479. The van der Waals surface area contributed by atoms with Crippen LogP contribution in [-0.4, -0.2) is 19.9 Å². The van der Waals surface area contributed by atoms with Gasteiger partial charge in [0.25, 0.3) is 0 Å². The van der Waals surface area contributed by atoms with E-state index >= 15 is 0 Å². The molecule has 4 heteroatoms. The quantitative estimate of drug-likeness (QED) is 0.870. The van der Waals surface area contributed by atoms with E-state index in [9.17, 15) is 5.11 Å². The van der Waals surface area contributed by atoms with Crippen molar-refractivity contribution in [1.82, 2.24) is 14.8 Å². The first-order valence-electron chi connectivity index (χ1n) is 5.80. The molecule has 17 heavy (non-hydrogen) atoms. The second kappa shape index (κ2) is 5.10. The van der Waals surface area contributed by atoms with E-state index in [0.29, 0.717) is 6.42 Å². The largest absolute Gasteiger partial charge is 0.386 e. The molecule has 0 aromatic carbocycles. The Morgan fingerprint density at radius 2 is 2.06 bits per heavy atom. The molecule has 1 atom stereocenters. The summed E-state index contributed by atoms with van der Waals surface area (Å²) in [5, 5.41) is 14.5. The fourth-order valence-corrected chi connectivity index (χ4v) is 1.87. The Morgan fingerprint density at radius 1 is 1.35 bits per heavy atom. The highest BCUT2D eigenvalue weighted by Crippen LogP contribution is 2.18. The first kappa shape index (κ1) is 11.8. The first-order valence-corrected chi connectivity index (χ1v) is 5.80. The molecule has 4 nitrogen and oxygen atoms in total. The summed E-state index contributed by atoms with van der Waals surface area (Å²) in [7, 11) is 1.87. The van der Waals surface area contributed by atoms with Crippen molar-refractivity contribution in [2.75, 3.05) is 0 Å². The summed E-state index contributed by atoms with van der Waals surface area (Å²) in [6, 6.07) is 5.80. The van der Waals surface area contributed by atoms with E-state index in [1.807, 2.05) is 25.2 Å². The minimum atomic E-state index is -0.518. The van der Waals surface area contributed by atoms with E-state index in [2.05, 4.69) is 17.0 Å². The van der Waals surface area contributed by atoms with Crippen LogP contribution in [0.15, 0.2) is 30.6 Å². The van der Waals surface area contributed by atoms with Gasteiger partial charge in [-0.25, -0.2) is 0 Å². The predicted molar refractivity (Wildman–Crippen MR) is 65.5 cm³/mol. The zero-order valence-corrected chi connectivity index (χ0v) is 10.2. The average Bonchev–Trinajstić information content (AvgIpc) is 2.72. The van der Waals surface area contributed by atoms with Crippen LogP contribution in [-0.2, 0) is 19.9 Å². The van der Waals surface area contributed by atoms with Gasteiger partial charge < -0.3 is 5.11 Å². The second-order valence-corrected chi connectivity index (χ2v) is 4.11. The number of hydrogen-bond acceptors (Lipinski definition) is 3. The van der Waals surface area contributed by atoms with Gasteiger partial charge in [0.05, 0.1) is 17.5 Å². The molecule has 0 fully saturated rings. The van der Waals surface area contributed by atoms with Crippen LogP contribution >= 0.6 is 0 Å². The number of hydrogen-bond donors (Lipinski definition) is 1. The van der Waals surface area contributed by atoms with Gasteiger partial charge >= 0.3 is 0 Å². The third-order valence-electron chi connectivity index (χ3n) is 2.85. The third kappa shape index (κ3) is 2.71. The molecular formula is C13H17N3O. The Hall–Kier alpha value is -1.68. The number of nitrogens with zero attached hydrogens (tertiary/aromatic N) is 3. The Balaban J connectivity index is 2.14. The summed E-state index contributed by atoms with van der Waals surface area (Å²) in [6.07, 6.45) is 4.43. The second-order valence-electron chi connectivity index (χ2n) is 4.11. The molecule has 2 aromatic heterocycles. The molecule has 2 heterocycles. The van der Waals surface area contributed by atoms with Crippen molar-refractivity contribution in [2.24, 2.45) is 7.05 Å². The maximum atomic E-state index is 10.2. The standard InChI is InChI=1S/C13H17N3O/c1-3-11-9-12(16(2)15-11)13(17)8-10-4-6-14-7-5-10/h4-7,9,13,17H,3,8H2,1-2H3. The highest BCUT2D eigenvalue weighted by molar-refractivity contribution is 5.17. The molecule has 0 aliphatic rings. The normalized spacial score (nSPS) is 12.6. The SMILES string of the molecule is CCc1cc(C(O)Cc2ccncc2)n(C)n1. The molecule has 0 saturated carbocycles. The Kier molecular flexibility index (Phi) is 3.54. The lowest BCUT2D eigenvalue weighted by molar-refractivity contribution is 0.168. The first-order chi connectivity index (χ1) is 8.20. The Morgan fingerprint density at radius 3 is 2.65 bits per heavy atom. The minimum absolute atomic E-state index is 0.518. The van der Waals surface area contributed by atoms with Gasteiger partial charge in [-0.1, -0.05) is 6.92 Å². The zero-order valence-electron chi connectivity index (χ0n) is 10.2. The molecule has 0 aliphatic heterocycles. The number of aliphatic hydroxyl groups excluding tert-OH is 1. The molecule has 2 rings (SSSR count). The van der Waals surface area contributed by atoms with Crippen LogP contribution in [0.4, 0.5) is 0 Å². The summed E-state index contributed by atoms with van der Waals surface area (Å²) in [5.74, 6) is 0. The summed E-state index contributed by atoms with van der Waals surface area (Å²) >= 11 is 0. The Labute approximate surface area is 101 Å². The van der Waals surface area contributed by atoms with Crippen molar-refractivity contribution in [3.63, 3.8) is 0 Å². The molecule has 0 amide bonds. The summed E-state index contributed by atoms with van der Waals surface area (Å²) in [4.78, 5) is 3.96. The van der Waals surface area contributed by atoms with Gasteiger partial charge in [-0.15, -0.1) is 0 Å². The van der Waals surface area contributed by atoms with E-state index in [-0.39, 0.29) is 0 Å². The van der Waals surface area contributed by atoms with E-state index in [1.165, 1.54) is 0 Å². The maximum Gasteiger partial charge on any atom is 0.0996 e. The summed E-state index contributed by atoms with van der Waals surface area (Å²) in [6.45, 7) is 2.06. The lowest BCUT2D eigenvalue weighted by Crippen LogP contribution is -2.07. The average molecular weight is 231 g/mol. The van der Waals surface area contributed by atoms with Gasteiger partial charge in [0.1, 0.15) is 0 Å². The molecule has 0 radical (unpaired) electrons. The van der Waals surface area contributed by atoms with Crippen molar-refractivity contribution in [3.05, 3.63) is 47.5 Å². The summed E-state index contributed by atoms with van der Waals surface area (Å²) in [5.41, 5.74) is 2.95. The van der Waals surface area contributed by atoms with Gasteiger partial charge in [0, 0.05) is 25.9 Å². The van der Waals surface area contributed by atoms with Gasteiger partial charge in [0.15, 0.2) is 0 Å². The molecule has 90 valence electrons. The molecule has 1 unspecified atom stereocenters. The van der Waals surface area contributed by atoms with Crippen LogP contribution in [0.1, 0.15) is 30.0 Å². The fraction of sp³-hybridized carbons (Fsp3) is 0.385. The number of aliphatic hydroxyl groups is 1. The fourth-order valence-electron chi connectivity index (χ4n) is 1.87. The molecule has 0 bridgehead atoms. The smallest absolute Gasteiger partial charge is 0.0996 e. The van der Waals surface area contributed by atoms with Crippen LogP contribution < -0.4 is 0 Å². The van der Waals surface area contributed by atoms with Crippen LogP contribution in [0.2, 0.25) is 0 Å². The summed E-state index contributed by atoms with van der Waals surface area (Å²) < 4.78 is 1.75. The van der Waals surface area contributed by atoms with Crippen molar-refractivity contribution in [3.8, 4) is 0 Å². The minimum Gasteiger partial charge on any atom is -0.386 e. The van der Waals surface area contributed by atoms with Crippen molar-refractivity contribution in [1.29, 1.82) is 0 Å². The number of aromatic nitrogens is 3. The molecule has 1 N–H and O–H groups in total. The van der Waals surface area contributed by atoms with Crippen LogP contribution in [0.25, 0.3) is 0 Å².